The number of nitrogens with zero attached hydrogens (tertiary/aromatic N) is 2. The van der Waals surface area contributed by atoms with Gasteiger partial charge in [0.1, 0.15) is 5.82 Å². The summed E-state index contributed by atoms with van der Waals surface area (Å²) in [6.45, 7) is 1.51. The van der Waals surface area contributed by atoms with Crippen LogP contribution in [0.3, 0.4) is 0 Å². The summed E-state index contributed by atoms with van der Waals surface area (Å²) in [4.78, 5) is 6.50. The van der Waals surface area contributed by atoms with Crippen molar-refractivity contribution in [3.05, 3.63) is 54.0 Å². The largest absolute Gasteiger partial charge is 0.468 e. The normalized spacial score (nSPS) is 12.4. The third kappa shape index (κ3) is 7.00. The van der Waals surface area contributed by atoms with Crippen LogP contribution in [0.25, 0.3) is 0 Å². The van der Waals surface area contributed by atoms with Crippen molar-refractivity contribution in [2.24, 2.45) is 0 Å². The molecule has 1 aromatic heterocycles. The number of ether oxygens (including phenoxy) is 1. The van der Waals surface area contributed by atoms with Crippen molar-refractivity contribution in [3.8, 4) is 5.88 Å². The molecule has 0 saturated carbocycles. The third-order valence-corrected chi connectivity index (χ3v) is 3.15. The zero-order valence-corrected chi connectivity index (χ0v) is 14.5. The maximum Gasteiger partial charge on any atom is 0.433 e. The molecule has 2 rings (SSSR count). The van der Waals surface area contributed by atoms with Gasteiger partial charge in [0.25, 0.3) is 0 Å². The van der Waals surface area contributed by atoms with Gasteiger partial charge in [-0.05, 0) is 24.3 Å². The number of hydrogen-bond acceptors (Lipinski definition) is 5. The highest BCUT2D eigenvalue weighted by Crippen LogP contribution is 2.32. The monoisotopic (exact) mass is 446 g/mol. The van der Waals surface area contributed by atoms with Gasteiger partial charge in [0, 0.05) is 11.8 Å². The molecule has 0 fully saturated rings. The Kier molecular flexibility index (Phi) is 6.37. The lowest BCUT2D eigenvalue weighted by atomic mass is 10.2. The second-order valence-electron chi connectivity index (χ2n) is 5.62. The topological polar surface area (TPSA) is 59.1 Å². The predicted molar refractivity (Wildman–Crippen MR) is 86.4 cm³/mol. The Morgan fingerprint density at radius 3 is 1.97 bits per heavy atom. The second-order valence-corrected chi connectivity index (χ2v) is 5.62. The highest BCUT2D eigenvalue weighted by Gasteiger charge is 2.35. The summed E-state index contributed by atoms with van der Waals surface area (Å²) in [6.07, 6.45) is -14.4. The lowest BCUT2D eigenvalue weighted by Gasteiger charge is -2.15. The zero-order chi connectivity index (χ0) is 22.7. The number of anilines is 2. The molecule has 0 aliphatic rings. The molecule has 1 aromatic carbocycles. The molecule has 1 heterocycles. The molecule has 2 N–H and O–H groups in total. The van der Waals surface area contributed by atoms with Gasteiger partial charge in [-0.3, -0.25) is 0 Å². The van der Waals surface area contributed by atoms with Gasteiger partial charge in [0.15, 0.2) is 12.3 Å². The fraction of sp³-hybridized carbons (Fsp3) is 0.250. The minimum absolute atomic E-state index is 0.0843. The van der Waals surface area contributed by atoms with Crippen LogP contribution in [0.5, 0.6) is 5.88 Å². The molecule has 5 nitrogen and oxygen atoms in total. The highest BCUT2D eigenvalue weighted by molar-refractivity contribution is 5.52. The van der Waals surface area contributed by atoms with Crippen molar-refractivity contribution < 1.29 is 44.3 Å². The van der Waals surface area contributed by atoms with Gasteiger partial charge in [-0.1, -0.05) is 6.58 Å². The number of alkyl halides is 9. The zero-order valence-electron chi connectivity index (χ0n) is 14.5. The first-order chi connectivity index (χ1) is 13.6. The molecular weight excluding hydrogens is 435 g/mol. The number of nitrogens with one attached hydrogen (secondary N) is 2. The average Bonchev–Trinajstić information content (AvgIpc) is 2.58. The third-order valence-electron chi connectivity index (χ3n) is 3.15. The van der Waals surface area contributed by atoms with E-state index in [0.717, 1.165) is 24.3 Å². The molecule has 0 aliphatic carbocycles. The Balaban J connectivity index is 2.16. The Morgan fingerprint density at radius 2 is 1.47 bits per heavy atom. The maximum atomic E-state index is 12.9. The first kappa shape index (κ1) is 23.1. The summed E-state index contributed by atoms with van der Waals surface area (Å²) >= 11 is 0. The van der Waals surface area contributed by atoms with E-state index in [9.17, 15) is 39.5 Å². The Bertz CT molecular complexity index is 890. The lowest BCUT2D eigenvalue weighted by Crippen LogP contribution is -2.21. The van der Waals surface area contributed by atoms with Crippen LogP contribution in [-0.2, 0) is 12.4 Å². The van der Waals surface area contributed by atoms with Crippen molar-refractivity contribution in [3.63, 3.8) is 0 Å². The maximum absolute atomic E-state index is 12.9. The van der Waals surface area contributed by atoms with Gasteiger partial charge in [0.2, 0.25) is 11.8 Å². The molecule has 0 amide bonds. The summed E-state index contributed by atoms with van der Waals surface area (Å²) in [6, 6.07) is 3.74. The summed E-state index contributed by atoms with van der Waals surface area (Å²) < 4.78 is 117. The van der Waals surface area contributed by atoms with Crippen molar-refractivity contribution in [1.29, 1.82) is 0 Å². The molecular formula is C16H11F9N4O. The van der Waals surface area contributed by atoms with Gasteiger partial charge in [-0.15, -0.1) is 0 Å². The van der Waals surface area contributed by atoms with E-state index in [1.54, 1.807) is 0 Å². The van der Waals surface area contributed by atoms with Crippen molar-refractivity contribution in [2.75, 3.05) is 17.2 Å². The first-order valence-electron chi connectivity index (χ1n) is 7.69. The van der Waals surface area contributed by atoms with Gasteiger partial charge in [0.05, 0.1) is 5.56 Å². The van der Waals surface area contributed by atoms with Crippen LogP contribution < -0.4 is 15.4 Å². The number of hydrogen-bond donors (Lipinski definition) is 2. The number of halogens is 9. The summed E-state index contributed by atoms with van der Waals surface area (Å²) in [5, 5.41) is 4.62. The number of aromatic nitrogens is 2. The summed E-state index contributed by atoms with van der Waals surface area (Å²) in [5.41, 5.74) is -2.43. The fourth-order valence-electron chi connectivity index (χ4n) is 1.94. The van der Waals surface area contributed by atoms with Crippen LogP contribution in [0.2, 0.25) is 0 Å². The van der Waals surface area contributed by atoms with E-state index in [-0.39, 0.29) is 17.6 Å². The molecule has 164 valence electrons. The summed E-state index contributed by atoms with van der Waals surface area (Å²) in [5.74, 6) is -2.07. The molecule has 14 heteroatoms. The van der Waals surface area contributed by atoms with E-state index < -0.39 is 48.2 Å². The predicted octanol–water partition coefficient (Wildman–Crippen LogP) is 5.45. The summed E-state index contributed by atoms with van der Waals surface area (Å²) in [7, 11) is 0. The van der Waals surface area contributed by atoms with E-state index in [4.69, 9.17) is 0 Å². The van der Waals surface area contributed by atoms with E-state index in [0.29, 0.717) is 0 Å². The minimum atomic E-state index is -5.02. The van der Waals surface area contributed by atoms with Crippen LogP contribution in [0.15, 0.2) is 42.7 Å². The van der Waals surface area contributed by atoms with Gasteiger partial charge < -0.3 is 15.4 Å². The van der Waals surface area contributed by atoms with Crippen LogP contribution >= 0.6 is 0 Å². The quantitative estimate of drug-likeness (QED) is 0.578. The van der Waals surface area contributed by atoms with Crippen LogP contribution in [0.4, 0.5) is 51.1 Å². The molecule has 0 saturated heterocycles. The van der Waals surface area contributed by atoms with Gasteiger partial charge >= 0.3 is 18.5 Å². The highest BCUT2D eigenvalue weighted by atomic mass is 19.4. The van der Waals surface area contributed by atoms with E-state index in [1.165, 1.54) is 0 Å². The Morgan fingerprint density at radius 1 is 0.867 bits per heavy atom. The molecule has 0 aliphatic heterocycles. The lowest BCUT2D eigenvalue weighted by molar-refractivity contribution is -0.154. The van der Waals surface area contributed by atoms with E-state index in [1.807, 2.05) is 0 Å². The fourth-order valence-corrected chi connectivity index (χ4v) is 1.94. The van der Waals surface area contributed by atoms with Crippen LogP contribution in [0.1, 0.15) is 11.3 Å². The average molecular weight is 446 g/mol. The van der Waals surface area contributed by atoms with Gasteiger partial charge in [-0.25, -0.2) is 4.98 Å². The molecule has 2 aromatic rings. The Labute approximate surface area is 162 Å². The molecule has 0 unspecified atom stereocenters. The molecule has 0 bridgehead atoms. The van der Waals surface area contributed by atoms with Crippen LogP contribution in [0, 0.1) is 0 Å². The van der Waals surface area contributed by atoms with Crippen molar-refractivity contribution in [1.82, 2.24) is 9.97 Å². The first-order valence-corrected chi connectivity index (χ1v) is 7.69. The SMILES string of the molecule is C=C(Nc1ccc(C(F)(F)F)cc1)Nc1nc(OCC(F)(F)F)cc(C(F)(F)F)n1. The van der Waals surface area contributed by atoms with Crippen molar-refractivity contribution in [2.45, 2.75) is 18.5 Å². The van der Waals surface area contributed by atoms with E-state index >= 15 is 0 Å². The minimum Gasteiger partial charge on any atom is -0.468 e. The van der Waals surface area contributed by atoms with E-state index in [2.05, 4.69) is 31.9 Å². The van der Waals surface area contributed by atoms with Crippen molar-refractivity contribution >= 4 is 11.6 Å². The second kappa shape index (κ2) is 8.28. The molecule has 0 radical (unpaired) electrons. The van der Waals surface area contributed by atoms with Gasteiger partial charge in [-0.2, -0.15) is 44.5 Å². The molecule has 30 heavy (non-hydrogen) atoms. The number of benzene rings is 1. The molecule has 0 spiro atoms. The standard InChI is InChI=1S/C16H11F9N4O/c1-8(26-10-4-2-9(3-5-10)15(20,21)22)27-13-28-11(16(23,24)25)6-12(29-13)30-7-14(17,18)19/h2-6,26H,1,7H2,(H,27,28,29). The number of rotatable bonds is 6. The Hall–Kier alpha value is -3.19. The van der Waals surface area contributed by atoms with Crippen LogP contribution in [-0.4, -0.2) is 22.8 Å². The smallest absolute Gasteiger partial charge is 0.433 e. The molecule has 0 atom stereocenters.